The van der Waals surface area contributed by atoms with Crippen molar-refractivity contribution in [3.8, 4) is 0 Å². The molecule has 0 bridgehead atoms. The summed E-state index contributed by atoms with van der Waals surface area (Å²) in [6.07, 6.45) is 1.58. The molecule has 0 radical (unpaired) electrons. The summed E-state index contributed by atoms with van der Waals surface area (Å²) in [5.41, 5.74) is 3.57. The maximum Gasteiger partial charge on any atom is 0.285 e. The summed E-state index contributed by atoms with van der Waals surface area (Å²) < 4.78 is 0.205. The van der Waals surface area contributed by atoms with Crippen LogP contribution in [0.4, 0.5) is 0 Å². The second-order valence-electron chi connectivity index (χ2n) is 5.23. The van der Waals surface area contributed by atoms with E-state index in [1.165, 1.54) is 12.1 Å². The van der Waals surface area contributed by atoms with Crippen molar-refractivity contribution in [2.24, 2.45) is 0 Å². The molecule has 2 aromatic rings. The number of carbonyl (C=O) groups excluding carboxylic acids is 3. The highest BCUT2D eigenvalue weighted by Crippen LogP contribution is 2.31. The second-order valence-corrected chi connectivity index (χ2v) is 6.91. The van der Waals surface area contributed by atoms with Gasteiger partial charge in [0.25, 0.3) is 11.8 Å². The Balaban J connectivity index is 1.76. The number of hydrogen-bond acceptors (Lipinski definition) is 6. The van der Waals surface area contributed by atoms with Crippen LogP contribution in [0.15, 0.2) is 59.5 Å². The standard InChI is InChI=1S/C18H12N2O4S2/c21-15(12-4-2-1-3-5-12)19-20-16(22)14(26-18(20)25)10-11-6-8-13(9-7-11)17(23)24/h1-10H,(H,19,21)(H,23,24)/p-1. The van der Waals surface area contributed by atoms with Crippen LogP contribution in [0.25, 0.3) is 6.08 Å². The highest BCUT2D eigenvalue weighted by molar-refractivity contribution is 8.26. The third-order valence-corrected chi connectivity index (χ3v) is 4.79. The van der Waals surface area contributed by atoms with Crippen LogP contribution >= 0.6 is 24.0 Å². The number of benzene rings is 2. The van der Waals surface area contributed by atoms with Crippen molar-refractivity contribution in [3.05, 3.63) is 76.2 Å². The number of carboxylic acid groups (broad SMARTS) is 1. The lowest BCUT2D eigenvalue weighted by Crippen LogP contribution is -2.44. The molecule has 0 aliphatic carbocycles. The highest BCUT2D eigenvalue weighted by atomic mass is 32.2. The molecule has 1 heterocycles. The molecule has 1 N–H and O–H groups in total. The predicted octanol–water partition coefficient (Wildman–Crippen LogP) is 1.60. The van der Waals surface area contributed by atoms with Gasteiger partial charge < -0.3 is 9.90 Å². The van der Waals surface area contributed by atoms with E-state index in [2.05, 4.69) is 5.43 Å². The van der Waals surface area contributed by atoms with E-state index in [1.54, 1.807) is 48.5 Å². The minimum Gasteiger partial charge on any atom is -0.545 e. The lowest BCUT2D eigenvalue weighted by Gasteiger charge is -2.15. The van der Waals surface area contributed by atoms with Crippen LogP contribution in [0.1, 0.15) is 26.3 Å². The zero-order valence-corrected chi connectivity index (χ0v) is 14.8. The van der Waals surface area contributed by atoms with Gasteiger partial charge in [0, 0.05) is 5.56 Å². The monoisotopic (exact) mass is 383 g/mol. The minimum atomic E-state index is -1.27. The Bertz CT molecular complexity index is 924. The van der Waals surface area contributed by atoms with Gasteiger partial charge in [-0.25, -0.2) is 0 Å². The molecule has 1 fully saturated rings. The fraction of sp³-hybridized carbons (Fsp3) is 0. The zero-order valence-electron chi connectivity index (χ0n) is 13.2. The molecule has 0 spiro atoms. The number of carboxylic acids is 1. The average Bonchev–Trinajstić information content (AvgIpc) is 2.90. The number of hydrazine groups is 1. The summed E-state index contributed by atoms with van der Waals surface area (Å²) >= 11 is 6.21. The van der Waals surface area contributed by atoms with Gasteiger partial charge in [-0.1, -0.05) is 54.2 Å². The molecule has 6 nitrogen and oxygen atoms in total. The van der Waals surface area contributed by atoms with E-state index in [0.717, 1.165) is 16.8 Å². The van der Waals surface area contributed by atoms with E-state index in [9.17, 15) is 19.5 Å². The number of thiocarbonyl (C=S) groups is 1. The number of hydrogen-bond donors (Lipinski definition) is 1. The Morgan fingerprint density at radius 2 is 1.69 bits per heavy atom. The molecule has 2 amide bonds. The molecule has 1 aliphatic heterocycles. The number of aromatic carboxylic acids is 1. The van der Waals surface area contributed by atoms with E-state index in [0.29, 0.717) is 16.0 Å². The molecule has 26 heavy (non-hydrogen) atoms. The van der Waals surface area contributed by atoms with Gasteiger partial charge in [0.15, 0.2) is 4.32 Å². The number of nitrogens with zero attached hydrogens (tertiary/aromatic N) is 1. The molecule has 3 rings (SSSR count). The molecule has 0 atom stereocenters. The highest BCUT2D eigenvalue weighted by Gasteiger charge is 2.33. The van der Waals surface area contributed by atoms with Crippen molar-refractivity contribution < 1.29 is 19.5 Å². The van der Waals surface area contributed by atoms with E-state index >= 15 is 0 Å². The van der Waals surface area contributed by atoms with Gasteiger partial charge in [0.2, 0.25) is 0 Å². The third kappa shape index (κ3) is 3.81. The molecule has 0 unspecified atom stereocenters. The Morgan fingerprint density at radius 1 is 1.04 bits per heavy atom. The maximum absolute atomic E-state index is 12.5. The number of amides is 2. The minimum absolute atomic E-state index is 0.0461. The Morgan fingerprint density at radius 3 is 2.31 bits per heavy atom. The number of thioether (sulfide) groups is 1. The first-order valence-electron chi connectivity index (χ1n) is 7.41. The smallest absolute Gasteiger partial charge is 0.285 e. The molecule has 0 saturated carbocycles. The van der Waals surface area contributed by atoms with Crippen molar-refractivity contribution >= 4 is 52.2 Å². The van der Waals surface area contributed by atoms with Crippen molar-refractivity contribution in [3.63, 3.8) is 0 Å². The van der Waals surface area contributed by atoms with Crippen LogP contribution in [0.5, 0.6) is 0 Å². The average molecular weight is 383 g/mol. The van der Waals surface area contributed by atoms with Crippen molar-refractivity contribution in [1.82, 2.24) is 10.4 Å². The first-order valence-corrected chi connectivity index (χ1v) is 8.63. The molecule has 1 aliphatic rings. The van der Waals surface area contributed by atoms with E-state index in [4.69, 9.17) is 12.2 Å². The predicted molar refractivity (Wildman–Crippen MR) is 99.7 cm³/mol. The summed E-state index contributed by atoms with van der Waals surface area (Å²) in [6, 6.07) is 14.4. The fourth-order valence-corrected chi connectivity index (χ4v) is 3.37. The van der Waals surface area contributed by atoms with E-state index in [-0.39, 0.29) is 9.88 Å². The summed E-state index contributed by atoms with van der Waals surface area (Å²) in [5, 5.41) is 11.8. The van der Waals surface area contributed by atoms with Crippen molar-refractivity contribution in [2.45, 2.75) is 0 Å². The molecule has 130 valence electrons. The Hall–Kier alpha value is -2.97. The van der Waals surface area contributed by atoms with Gasteiger partial charge in [-0.05, 0) is 41.6 Å². The van der Waals surface area contributed by atoms with Gasteiger partial charge in [-0.15, -0.1) is 0 Å². The Kier molecular flexibility index (Phi) is 5.15. The summed E-state index contributed by atoms with van der Waals surface area (Å²) in [5.74, 6) is -2.17. The quantitative estimate of drug-likeness (QED) is 0.637. The second kappa shape index (κ2) is 7.51. The van der Waals surface area contributed by atoms with Gasteiger partial charge in [0.1, 0.15) is 0 Å². The lowest BCUT2D eigenvalue weighted by molar-refractivity contribution is -0.255. The van der Waals surface area contributed by atoms with E-state index in [1.807, 2.05) is 0 Å². The van der Waals surface area contributed by atoms with Crippen LogP contribution in [0.3, 0.4) is 0 Å². The SMILES string of the molecule is O=C([O-])c1ccc(C=C2SC(=S)N(NC(=O)c3ccccc3)C2=O)cc1. The van der Waals surface area contributed by atoms with E-state index < -0.39 is 17.8 Å². The summed E-state index contributed by atoms with van der Waals surface area (Å²) in [7, 11) is 0. The van der Waals surface area contributed by atoms with Gasteiger partial charge in [-0.2, -0.15) is 5.01 Å². The van der Waals surface area contributed by atoms with Crippen LogP contribution in [-0.2, 0) is 4.79 Å². The van der Waals surface area contributed by atoms with Gasteiger partial charge in [-0.3, -0.25) is 15.0 Å². The summed E-state index contributed by atoms with van der Waals surface area (Å²) in [4.78, 5) is 35.8. The van der Waals surface area contributed by atoms with Crippen LogP contribution in [-0.4, -0.2) is 27.1 Å². The van der Waals surface area contributed by atoms with Crippen LogP contribution < -0.4 is 10.5 Å². The number of nitrogens with one attached hydrogen (secondary N) is 1. The maximum atomic E-state index is 12.5. The molecular weight excluding hydrogens is 372 g/mol. The number of rotatable bonds is 4. The zero-order chi connectivity index (χ0) is 18.7. The topological polar surface area (TPSA) is 89.5 Å². The fourth-order valence-electron chi connectivity index (χ4n) is 2.19. The summed E-state index contributed by atoms with van der Waals surface area (Å²) in [6.45, 7) is 0. The molecular formula is C18H11N2O4S2-. The van der Waals surface area contributed by atoms with Crippen molar-refractivity contribution in [2.75, 3.05) is 0 Å². The molecule has 2 aromatic carbocycles. The Labute approximate surface area is 158 Å². The molecule has 1 saturated heterocycles. The number of carbonyl (C=O) groups is 3. The van der Waals surface area contributed by atoms with Gasteiger partial charge in [0.05, 0.1) is 10.9 Å². The first kappa shape index (κ1) is 17.8. The molecule has 8 heteroatoms. The normalized spacial score (nSPS) is 15.4. The first-order chi connectivity index (χ1) is 12.5. The molecule has 0 aromatic heterocycles. The lowest BCUT2D eigenvalue weighted by atomic mass is 10.1. The van der Waals surface area contributed by atoms with Gasteiger partial charge >= 0.3 is 0 Å². The largest absolute Gasteiger partial charge is 0.545 e. The third-order valence-electron chi connectivity index (χ3n) is 3.49. The van der Waals surface area contributed by atoms with Crippen molar-refractivity contribution in [1.29, 1.82) is 0 Å². The van der Waals surface area contributed by atoms with Crippen LogP contribution in [0, 0.1) is 0 Å². The van der Waals surface area contributed by atoms with Crippen LogP contribution in [0.2, 0.25) is 0 Å².